The monoisotopic (exact) mass is 480 g/mol. The van der Waals surface area contributed by atoms with E-state index < -0.39 is 5.82 Å². The summed E-state index contributed by atoms with van der Waals surface area (Å²) in [6, 6.07) is 7.02. The summed E-state index contributed by atoms with van der Waals surface area (Å²) in [7, 11) is 0. The highest BCUT2D eigenvalue weighted by atomic mass is 19.1. The topological polar surface area (TPSA) is 110 Å². The highest BCUT2D eigenvalue weighted by Crippen LogP contribution is 2.20. The fourth-order valence-corrected chi connectivity index (χ4v) is 4.59. The van der Waals surface area contributed by atoms with Crippen molar-refractivity contribution < 1.29 is 9.18 Å². The van der Waals surface area contributed by atoms with Gasteiger partial charge in [0.2, 0.25) is 0 Å². The van der Waals surface area contributed by atoms with E-state index in [0.717, 1.165) is 44.8 Å². The first-order chi connectivity index (χ1) is 17.0. The highest BCUT2D eigenvalue weighted by molar-refractivity contribution is 5.91. The SMILES string of the molecule is CCc1nc2ccc(CN3CCN(c4ccc(C(=O)NN5CCCC5)nn4)CC3)c(F)c2[nH]c1=O. The van der Waals surface area contributed by atoms with Gasteiger partial charge in [-0.05, 0) is 37.5 Å². The first kappa shape index (κ1) is 23.3. The van der Waals surface area contributed by atoms with Crippen LogP contribution in [0.25, 0.3) is 11.0 Å². The minimum absolute atomic E-state index is 0.160. The van der Waals surface area contributed by atoms with Crippen LogP contribution in [-0.4, -0.2) is 75.2 Å². The van der Waals surface area contributed by atoms with Gasteiger partial charge in [-0.15, -0.1) is 10.2 Å². The van der Waals surface area contributed by atoms with E-state index in [1.807, 2.05) is 18.0 Å². The number of nitrogens with one attached hydrogen (secondary N) is 2. The molecule has 2 aliphatic heterocycles. The van der Waals surface area contributed by atoms with Gasteiger partial charge in [-0.2, -0.15) is 0 Å². The number of fused-ring (bicyclic) bond motifs is 1. The molecule has 2 aliphatic rings. The minimum atomic E-state index is -0.425. The first-order valence-corrected chi connectivity index (χ1v) is 12.1. The molecule has 1 amide bonds. The molecule has 0 aliphatic carbocycles. The quantitative estimate of drug-likeness (QED) is 0.546. The number of nitrogens with zero attached hydrogens (tertiary/aromatic N) is 6. The Bertz CT molecular complexity index is 1260. The lowest BCUT2D eigenvalue weighted by Gasteiger charge is -2.35. The number of anilines is 1. The van der Waals surface area contributed by atoms with Gasteiger partial charge < -0.3 is 9.88 Å². The predicted octanol–water partition coefficient (Wildman–Crippen LogP) is 1.48. The van der Waals surface area contributed by atoms with E-state index >= 15 is 4.39 Å². The molecule has 0 unspecified atom stereocenters. The summed E-state index contributed by atoms with van der Waals surface area (Å²) in [6.07, 6.45) is 2.67. The Morgan fingerprint density at radius 2 is 1.83 bits per heavy atom. The zero-order chi connectivity index (χ0) is 24.4. The van der Waals surface area contributed by atoms with Crippen molar-refractivity contribution in [3.8, 4) is 0 Å². The van der Waals surface area contributed by atoms with Crippen LogP contribution >= 0.6 is 0 Å². The number of piperazine rings is 1. The molecule has 2 N–H and O–H groups in total. The van der Waals surface area contributed by atoms with Crippen LogP contribution in [0.15, 0.2) is 29.1 Å². The van der Waals surface area contributed by atoms with Crippen LogP contribution in [0.3, 0.4) is 0 Å². The van der Waals surface area contributed by atoms with Crippen LogP contribution in [-0.2, 0) is 13.0 Å². The molecule has 2 fully saturated rings. The van der Waals surface area contributed by atoms with Gasteiger partial charge in [-0.25, -0.2) is 14.4 Å². The maximum absolute atomic E-state index is 15.1. The van der Waals surface area contributed by atoms with Crippen LogP contribution in [0.1, 0.15) is 41.5 Å². The Labute approximate surface area is 202 Å². The molecule has 11 heteroatoms. The van der Waals surface area contributed by atoms with E-state index in [1.165, 1.54) is 0 Å². The Morgan fingerprint density at radius 1 is 1.06 bits per heavy atom. The number of carbonyl (C=O) groups excluding carboxylic acids is 1. The van der Waals surface area contributed by atoms with Crippen molar-refractivity contribution >= 4 is 22.8 Å². The molecule has 2 aromatic heterocycles. The van der Waals surface area contributed by atoms with Crippen LogP contribution in [0.5, 0.6) is 0 Å². The molecular weight excluding hydrogens is 451 g/mol. The van der Waals surface area contributed by atoms with Crippen molar-refractivity contribution in [1.82, 2.24) is 35.5 Å². The lowest BCUT2D eigenvalue weighted by Crippen LogP contribution is -2.46. The van der Waals surface area contributed by atoms with E-state index in [2.05, 4.69) is 35.4 Å². The smallest absolute Gasteiger partial charge is 0.286 e. The molecule has 184 valence electrons. The lowest BCUT2D eigenvalue weighted by molar-refractivity contribution is 0.0819. The Hall–Kier alpha value is -3.44. The number of rotatable bonds is 6. The van der Waals surface area contributed by atoms with Crippen molar-refractivity contribution in [2.45, 2.75) is 32.7 Å². The van der Waals surface area contributed by atoms with Gasteiger partial charge in [-0.3, -0.25) is 19.9 Å². The molecule has 0 saturated carbocycles. The van der Waals surface area contributed by atoms with E-state index in [0.29, 0.717) is 48.5 Å². The molecule has 5 rings (SSSR count). The van der Waals surface area contributed by atoms with E-state index in [-0.39, 0.29) is 17.0 Å². The second-order valence-electron chi connectivity index (χ2n) is 8.97. The molecule has 1 aromatic carbocycles. The molecule has 0 atom stereocenters. The van der Waals surface area contributed by atoms with Gasteiger partial charge in [0.15, 0.2) is 17.3 Å². The summed E-state index contributed by atoms with van der Waals surface area (Å²) in [4.78, 5) is 35.6. The van der Waals surface area contributed by atoms with Crippen LogP contribution in [0.4, 0.5) is 10.2 Å². The molecule has 3 aromatic rings. The fourth-order valence-electron chi connectivity index (χ4n) is 4.59. The number of aromatic nitrogens is 4. The van der Waals surface area contributed by atoms with Gasteiger partial charge in [0.25, 0.3) is 11.5 Å². The van der Waals surface area contributed by atoms with Crippen LogP contribution in [0.2, 0.25) is 0 Å². The summed E-state index contributed by atoms with van der Waals surface area (Å²) >= 11 is 0. The standard InChI is InChI=1S/C24H29FN8O2/c1-2-17-23(34)27-22-18(26-17)6-5-16(21(22)25)15-31-11-13-32(14-12-31)20-8-7-19(28-29-20)24(35)30-33-9-3-4-10-33/h5-8H,2-4,9-15H2,1H3,(H,27,34)(H,30,35). The predicted molar refractivity (Wildman–Crippen MR) is 129 cm³/mol. The van der Waals surface area contributed by atoms with Crippen LogP contribution in [0, 0.1) is 5.82 Å². The van der Waals surface area contributed by atoms with Gasteiger partial charge in [0.05, 0.1) is 5.52 Å². The van der Waals surface area contributed by atoms with Gasteiger partial charge >= 0.3 is 0 Å². The third-order valence-electron chi connectivity index (χ3n) is 6.63. The third-order valence-corrected chi connectivity index (χ3v) is 6.63. The summed E-state index contributed by atoms with van der Waals surface area (Å²) in [5.74, 6) is 0.0520. The number of aromatic amines is 1. The highest BCUT2D eigenvalue weighted by Gasteiger charge is 2.22. The molecule has 4 heterocycles. The zero-order valence-electron chi connectivity index (χ0n) is 19.8. The number of hydrogen-bond acceptors (Lipinski definition) is 8. The maximum Gasteiger partial charge on any atom is 0.286 e. The number of amides is 1. The molecule has 35 heavy (non-hydrogen) atoms. The van der Waals surface area contributed by atoms with Gasteiger partial charge in [0, 0.05) is 51.4 Å². The molecule has 0 bridgehead atoms. The number of aryl methyl sites for hydroxylation is 1. The normalized spacial score (nSPS) is 17.3. The van der Waals surface area contributed by atoms with E-state index in [1.54, 1.807) is 18.2 Å². The summed E-state index contributed by atoms with van der Waals surface area (Å²) in [5.41, 5.74) is 4.38. The van der Waals surface area contributed by atoms with Crippen molar-refractivity contribution in [1.29, 1.82) is 0 Å². The molecule has 10 nitrogen and oxygen atoms in total. The fraction of sp³-hybridized carbons (Fsp3) is 0.458. The van der Waals surface area contributed by atoms with Crippen molar-refractivity contribution in [2.75, 3.05) is 44.2 Å². The van der Waals surface area contributed by atoms with Crippen molar-refractivity contribution in [3.63, 3.8) is 0 Å². The molecule has 2 saturated heterocycles. The number of halogens is 1. The van der Waals surface area contributed by atoms with Crippen molar-refractivity contribution in [2.24, 2.45) is 0 Å². The summed E-state index contributed by atoms with van der Waals surface area (Å²) in [5, 5.41) is 10.3. The lowest BCUT2D eigenvalue weighted by atomic mass is 10.1. The Morgan fingerprint density at radius 3 is 2.51 bits per heavy atom. The van der Waals surface area contributed by atoms with Gasteiger partial charge in [-0.1, -0.05) is 13.0 Å². The third kappa shape index (κ3) is 5.01. The average Bonchev–Trinajstić information content (AvgIpc) is 3.39. The number of H-pyrrole nitrogens is 1. The van der Waals surface area contributed by atoms with Crippen LogP contribution < -0.4 is 15.9 Å². The minimum Gasteiger partial charge on any atom is -0.353 e. The second-order valence-corrected chi connectivity index (χ2v) is 8.97. The van der Waals surface area contributed by atoms with Gasteiger partial charge in [0.1, 0.15) is 11.2 Å². The largest absolute Gasteiger partial charge is 0.353 e. The number of benzene rings is 1. The molecular formula is C24H29FN8O2. The second kappa shape index (κ2) is 10.0. The molecule has 0 spiro atoms. The Balaban J connectivity index is 1.19. The number of hydrazine groups is 1. The van der Waals surface area contributed by atoms with E-state index in [9.17, 15) is 9.59 Å². The summed E-state index contributed by atoms with van der Waals surface area (Å²) < 4.78 is 15.1. The number of hydrogen-bond donors (Lipinski definition) is 2. The Kier molecular flexibility index (Phi) is 6.69. The number of carbonyl (C=O) groups is 1. The summed E-state index contributed by atoms with van der Waals surface area (Å²) in [6.45, 7) is 6.87. The molecule has 0 radical (unpaired) electrons. The first-order valence-electron chi connectivity index (χ1n) is 12.1. The zero-order valence-corrected chi connectivity index (χ0v) is 19.8. The van der Waals surface area contributed by atoms with E-state index in [4.69, 9.17) is 0 Å². The maximum atomic E-state index is 15.1. The average molecular weight is 481 g/mol. The van der Waals surface area contributed by atoms with Crippen molar-refractivity contribution in [3.05, 3.63) is 57.4 Å².